The van der Waals surface area contributed by atoms with Crippen molar-refractivity contribution in [1.82, 2.24) is 0 Å². The molecular weight excluding hydrogens is 462 g/mol. The monoisotopic (exact) mass is 500 g/mol. The lowest BCUT2D eigenvalue weighted by Gasteiger charge is -2.25. The van der Waals surface area contributed by atoms with E-state index >= 15 is 0 Å². The molecule has 2 heteroatoms. The van der Waals surface area contributed by atoms with Crippen LogP contribution in [0.5, 0.6) is 5.75 Å². The lowest BCUT2D eigenvalue weighted by Crippen LogP contribution is -2.35. The van der Waals surface area contributed by atoms with Crippen molar-refractivity contribution in [3.8, 4) is 5.75 Å². The van der Waals surface area contributed by atoms with Crippen LogP contribution < -0.4 is 4.74 Å². The normalized spacial score (nSPS) is 19.5. The SMILES string of the molecule is Cc1ccccc1CC1(C)C(/C=C/C2CCCC2)=[N+](CCOc2ccccc2)c2ccc3ccccc3c21. The highest BCUT2D eigenvalue weighted by atomic mass is 16.5. The van der Waals surface area contributed by atoms with Crippen molar-refractivity contribution in [3.63, 3.8) is 0 Å². The van der Waals surface area contributed by atoms with Gasteiger partial charge in [0.25, 0.3) is 0 Å². The van der Waals surface area contributed by atoms with Crippen LogP contribution in [0.25, 0.3) is 10.8 Å². The molecule has 4 aromatic rings. The van der Waals surface area contributed by atoms with Gasteiger partial charge in [-0.05, 0) is 79.1 Å². The van der Waals surface area contributed by atoms with Gasteiger partial charge in [0.2, 0.25) is 5.69 Å². The zero-order valence-electron chi connectivity index (χ0n) is 22.7. The second kappa shape index (κ2) is 10.6. The second-order valence-corrected chi connectivity index (χ2v) is 11.2. The summed E-state index contributed by atoms with van der Waals surface area (Å²) in [5.41, 5.74) is 6.80. The van der Waals surface area contributed by atoms with Gasteiger partial charge >= 0.3 is 0 Å². The molecule has 0 amide bonds. The maximum atomic E-state index is 6.22. The van der Waals surface area contributed by atoms with Crippen molar-refractivity contribution in [2.24, 2.45) is 5.92 Å². The maximum absolute atomic E-state index is 6.22. The molecule has 0 spiro atoms. The van der Waals surface area contributed by atoms with Crippen molar-refractivity contribution in [1.29, 1.82) is 0 Å². The van der Waals surface area contributed by atoms with Crippen molar-refractivity contribution < 1.29 is 9.31 Å². The molecule has 1 saturated carbocycles. The average molecular weight is 501 g/mol. The minimum Gasteiger partial charge on any atom is -0.487 e. The van der Waals surface area contributed by atoms with E-state index in [9.17, 15) is 0 Å². The van der Waals surface area contributed by atoms with E-state index < -0.39 is 0 Å². The Bertz CT molecular complexity index is 1490. The summed E-state index contributed by atoms with van der Waals surface area (Å²) >= 11 is 0. The molecule has 0 saturated heterocycles. The smallest absolute Gasteiger partial charge is 0.210 e. The summed E-state index contributed by atoms with van der Waals surface area (Å²) in [7, 11) is 0. The first kappa shape index (κ1) is 24.7. The van der Waals surface area contributed by atoms with Gasteiger partial charge in [-0.15, -0.1) is 0 Å². The first-order valence-corrected chi connectivity index (χ1v) is 14.2. The Morgan fingerprint density at radius 3 is 2.42 bits per heavy atom. The Hall–Kier alpha value is -3.65. The predicted octanol–water partition coefficient (Wildman–Crippen LogP) is 8.57. The van der Waals surface area contributed by atoms with Gasteiger partial charge in [-0.1, -0.05) is 85.6 Å². The van der Waals surface area contributed by atoms with Crippen LogP contribution in [0, 0.1) is 12.8 Å². The number of hydrogen-bond acceptors (Lipinski definition) is 1. The largest absolute Gasteiger partial charge is 0.487 e. The number of benzene rings is 4. The molecule has 4 aromatic carbocycles. The molecule has 0 radical (unpaired) electrons. The van der Waals surface area contributed by atoms with Crippen LogP contribution in [-0.4, -0.2) is 23.4 Å². The Balaban J connectivity index is 1.48. The molecule has 1 aliphatic carbocycles. The van der Waals surface area contributed by atoms with Crippen molar-refractivity contribution in [2.45, 2.75) is 51.4 Å². The Labute approximate surface area is 227 Å². The van der Waals surface area contributed by atoms with Crippen LogP contribution in [0.15, 0.2) is 103 Å². The number of ether oxygens (including phenoxy) is 1. The topological polar surface area (TPSA) is 12.2 Å². The fourth-order valence-electron chi connectivity index (χ4n) is 6.65. The fraction of sp³-hybridized carbons (Fsp3) is 0.306. The fourth-order valence-corrected chi connectivity index (χ4v) is 6.65. The van der Waals surface area contributed by atoms with Crippen LogP contribution in [0.1, 0.15) is 49.3 Å². The highest BCUT2D eigenvalue weighted by Crippen LogP contribution is 2.46. The summed E-state index contributed by atoms with van der Waals surface area (Å²) in [5.74, 6) is 1.62. The van der Waals surface area contributed by atoms with E-state index in [-0.39, 0.29) is 5.41 Å². The molecule has 1 aliphatic heterocycles. The van der Waals surface area contributed by atoms with E-state index in [0.29, 0.717) is 12.5 Å². The molecule has 38 heavy (non-hydrogen) atoms. The molecule has 0 aromatic heterocycles. The molecule has 2 nitrogen and oxygen atoms in total. The van der Waals surface area contributed by atoms with Crippen molar-refractivity contribution in [2.75, 3.05) is 13.2 Å². The van der Waals surface area contributed by atoms with E-state index in [1.807, 2.05) is 30.3 Å². The molecule has 0 N–H and O–H groups in total. The van der Waals surface area contributed by atoms with Gasteiger partial charge in [0.15, 0.2) is 12.3 Å². The van der Waals surface area contributed by atoms with Crippen molar-refractivity contribution >= 4 is 22.2 Å². The first-order chi connectivity index (χ1) is 18.6. The van der Waals surface area contributed by atoms with Gasteiger partial charge in [0, 0.05) is 17.7 Å². The lowest BCUT2D eigenvalue weighted by molar-refractivity contribution is -0.439. The summed E-state index contributed by atoms with van der Waals surface area (Å²) in [6.45, 7) is 6.17. The van der Waals surface area contributed by atoms with E-state index in [1.165, 1.54) is 64.5 Å². The van der Waals surface area contributed by atoms with Crippen molar-refractivity contribution in [3.05, 3.63) is 120 Å². The summed E-state index contributed by atoms with van der Waals surface area (Å²) in [6.07, 6.45) is 11.3. The molecule has 192 valence electrons. The molecule has 2 aliphatic rings. The lowest BCUT2D eigenvalue weighted by atomic mass is 9.72. The Kier molecular flexibility index (Phi) is 6.89. The molecule has 1 heterocycles. The number of hydrogen-bond donors (Lipinski definition) is 0. The number of aryl methyl sites for hydroxylation is 1. The van der Waals surface area contributed by atoms with Crippen LogP contribution in [0.4, 0.5) is 5.69 Å². The standard InChI is InChI=1S/C36H38NO/c1-27-12-6-9-16-30(27)26-36(2)34(23-20-28-13-7-8-14-28)37(24-25-38-31-17-4-3-5-18-31)33-22-21-29-15-10-11-19-32(29)35(33)36/h3-6,9-12,15-23,28H,7-8,13-14,24-26H2,1-2H3/q+1/b23-20+. The average Bonchev–Trinajstić information content (AvgIpc) is 3.54. The third-order valence-corrected chi connectivity index (χ3v) is 8.66. The highest BCUT2D eigenvalue weighted by molar-refractivity contribution is 6.08. The number of fused-ring (bicyclic) bond motifs is 3. The molecule has 1 fully saturated rings. The summed E-state index contributed by atoms with van der Waals surface area (Å²) in [5, 5.41) is 2.67. The van der Waals surface area contributed by atoms with E-state index in [0.717, 1.165) is 18.7 Å². The van der Waals surface area contributed by atoms with Crippen LogP contribution >= 0.6 is 0 Å². The second-order valence-electron chi connectivity index (χ2n) is 11.2. The zero-order valence-corrected chi connectivity index (χ0v) is 22.7. The minimum atomic E-state index is -0.149. The third-order valence-electron chi connectivity index (χ3n) is 8.66. The zero-order chi connectivity index (χ0) is 26.0. The highest BCUT2D eigenvalue weighted by Gasteiger charge is 2.49. The molecular formula is C36H38NO+. The Morgan fingerprint density at radius 1 is 0.868 bits per heavy atom. The molecule has 0 bridgehead atoms. The van der Waals surface area contributed by atoms with Gasteiger partial charge in [0.05, 0.1) is 5.41 Å². The quantitative estimate of drug-likeness (QED) is 0.221. The van der Waals surface area contributed by atoms with Crippen LogP contribution in [0.3, 0.4) is 0 Å². The van der Waals surface area contributed by atoms with Gasteiger partial charge in [0.1, 0.15) is 12.4 Å². The Morgan fingerprint density at radius 2 is 1.61 bits per heavy atom. The van der Waals surface area contributed by atoms with Gasteiger partial charge in [-0.25, -0.2) is 0 Å². The van der Waals surface area contributed by atoms with Crippen LogP contribution in [0.2, 0.25) is 0 Å². The number of rotatable bonds is 8. The van der Waals surface area contributed by atoms with E-state index in [1.54, 1.807) is 0 Å². The number of allylic oxidation sites excluding steroid dienone is 2. The van der Waals surface area contributed by atoms with Gasteiger partial charge in [-0.3, -0.25) is 0 Å². The molecule has 6 rings (SSSR count). The van der Waals surface area contributed by atoms with Gasteiger partial charge in [-0.2, -0.15) is 4.58 Å². The maximum Gasteiger partial charge on any atom is 0.210 e. The summed E-state index contributed by atoms with van der Waals surface area (Å²) in [4.78, 5) is 0. The third kappa shape index (κ3) is 4.69. The van der Waals surface area contributed by atoms with Gasteiger partial charge < -0.3 is 4.74 Å². The molecule has 1 unspecified atom stereocenters. The van der Waals surface area contributed by atoms with E-state index in [2.05, 4.69) is 91.2 Å². The summed E-state index contributed by atoms with van der Waals surface area (Å²) < 4.78 is 8.77. The van der Waals surface area contributed by atoms with Crippen LogP contribution in [-0.2, 0) is 11.8 Å². The predicted molar refractivity (Wildman–Crippen MR) is 159 cm³/mol. The number of nitrogens with zero attached hydrogens (tertiary/aromatic N) is 1. The first-order valence-electron chi connectivity index (χ1n) is 14.2. The van der Waals surface area contributed by atoms with E-state index in [4.69, 9.17) is 4.74 Å². The number of para-hydroxylation sites is 1. The minimum absolute atomic E-state index is 0.149. The molecule has 1 atom stereocenters. The summed E-state index contributed by atoms with van der Waals surface area (Å²) in [6, 6.07) is 32.6.